The van der Waals surface area contributed by atoms with Crippen LogP contribution >= 0.6 is 0 Å². The molecule has 1 aromatic carbocycles. The van der Waals surface area contributed by atoms with Crippen molar-refractivity contribution in [2.75, 3.05) is 41.7 Å². The first-order valence-electron chi connectivity index (χ1n) is 8.71. The summed E-state index contributed by atoms with van der Waals surface area (Å²) in [6, 6.07) is 5.81. The van der Waals surface area contributed by atoms with Crippen LogP contribution < -0.4 is 14.5 Å². The minimum absolute atomic E-state index is 0.0702. The monoisotopic (exact) mass is 389 g/mol. The summed E-state index contributed by atoms with van der Waals surface area (Å²) in [7, 11) is -0.223. The van der Waals surface area contributed by atoms with Crippen molar-refractivity contribution in [2.45, 2.75) is 24.7 Å². The van der Waals surface area contributed by atoms with E-state index in [2.05, 4.69) is 19.6 Å². The minimum Gasteiger partial charge on any atom is -0.361 e. The molecule has 1 N–H and O–H groups in total. The second-order valence-corrected chi connectivity index (χ2v) is 8.36. The molecule has 8 nitrogen and oxygen atoms in total. The van der Waals surface area contributed by atoms with Gasteiger partial charge in [0.15, 0.2) is 11.6 Å². The smallest absolute Gasteiger partial charge is 0.262 e. The molecule has 0 bridgehead atoms. The fourth-order valence-electron chi connectivity index (χ4n) is 2.92. The molecule has 1 saturated heterocycles. The zero-order valence-corrected chi connectivity index (χ0v) is 16.5. The summed E-state index contributed by atoms with van der Waals surface area (Å²) in [4.78, 5) is 24.1. The quantitative estimate of drug-likeness (QED) is 0.756. The standard InChI is InChI=1S/C18H23N5O3S/c1-13(24)14-6-8-15(9-7-14)27(25,26)21-16-12-19-18(20-17(16)22(2)3)23-10-4-5-11-23/h6-9,12,21H,4-5,10-11H2,1-3H3. The van der Waals surface area contributed by atoms with Crippen molar-refractivity contribution in [2.24, 2.45) is 0 Å². The number of Topliss-reactive ketones (excluding diaryl/α,β-unsaturated/α-hetero) is 1. The molecule has 2 heterocycles. The van der Waals surface area contributed by atoms with Gasteiger partial charge in [0.05, 0.1) is 11.1 Å². The number of carbonyl (C=O) groups is 1. The van der Waals surface area contributed by atoms with Crippen molar-refractivity contribution in [3.8, 4) is 0 Å². The summed E-state index contributed by atoms with van der Waals surface area (Å²) in [5, 5.41) is 0. The molecule has 1 aliphatic rings. The van der Waals surface area contributed by atoms with E-state index in [0.29, 0.717) is 23.0 Å². The van der Waals surface area contributed by atoms with Crippen molar-refractivity contribution in [1.29, 1.82) is 0 Å². The van der Waals surface area contributed by atoms with Crippen LogP contribution in [-0.2, 0) is 10.0 Å². The third-order valence-corrected chi connectivity index (χ3v) is 5.77. The molecule has 0 radical (unpaired) electrons. The first-order valence-corrected chi connectivity index (χ1v) is 10.2. The molecule has 0 spiro atoms. The first kappa shape index (κ1) is 19.1. The molecule has 9 heteroatoms. The van der Waals surface area contributed by atoms with Gasteiger partial charge in [-0.1, -0.05) is 12.1 Å². The van der Waals surface area contributed by atoms with Crippen molar-refractivity contribution in [3.05, 3.63) is 36.0 Å². The lowest BCUT2D eigenvalue weighted by atomic mass is 10.2. The van der Waals surface area contributed by atoms with Crippen LogP contribution in [0, 0.1) is 0 Å². The molecule has 1 aromatic heterocycles. The van der Waals surface area contributed by atoms with Crippen LogP contribution in [-0.4, -0.2) is 51.4 Å². The third kappa shape index (κ3) is 4.19. The number of aromatic nitrogens is 2. The zero-order chi connectivity index (χ0) is 19.6. The van der Waals surface area contributed by atoms with E-state index in [0.717, 1.165) is 25.9 Å². The maximum atomic E-state index is 12.7. The number of carbonyl (C=O) groups excluding carboxylic acids is 1. The van der Waals surface area contributed by atoms with Gasteiger partial charge in [-0.3, -0.25) is 9.52 Å². The third-order valence-electron chi connectivity index (χ3n) is 4.38. The Balaban J connectivity index is 1.89. The summed E-state index contributed by atoms with van der Waals surface area (Å²) in [5.74, 6) is 0.980. The summed E-state index contributed by atoms with van der Waals surface area (Å²) in [5.41, 5.74) is 0.764. The Kier molecular flexibility index (Phi) is 5.31. The van der Waals surface area contributed by atoms with E-state index in [1.165, 1.54) is 37.4 Å². The molecule has 0 atom stereocenters. The predicted octanol–water partition coefficient (Wildman–Crippen LogP) is 2.15. The Hall–Kier alpha value is -2.68. The Bertz CT molecular complexity index is 936. The predicted molar refractivity (Wildman–Crippen MR) is 105 cm³/mol. The normalized spacial score (nSPS) is 14.3. The molecule has 0 amide bonds. The summed E-state index contributed by atoms with van der Waals surface area (Å²) >= 11 is 0. The van der Waals surface area contributed by atoms with Gasteiger partial charge in [0.25, 0.3) is 10.0 Å². The molecule has 3 rings (SSSR count). The fourth-order valence-corrected chi connectivity index (χ4v) is 3.96. The van der Waals surface area contributed by atoms with Crippen LogP contribution in [0.2, 0.25) is 0 Å². The van der Waals surface area contributed by atoms with Gasteiger partial charge < -0.3 is 9.80 Å². The highest BCUT2D eigenvalue weighted by Crippen LogP contribution is 2.27. The van der Waals surface area contributed by atoms with Crippen LogP contribution in [0.3, 0.4) is 0 Å². The molecule has 1 fully saturated rings. The average molecular weight is 389 g/mol. The number of benzene rings is 1. The number of nitrogens with one attached hydrogen (secondary N) is 1. The minimum atomic E-state index is -3.83. The number of nitrogens with zero attached hydrogens (tertiary/aromatic N) is 4. The van der Waals surface area contributed by atoms with Crippen LogP contribution in [0.15, 0.2) is 35.4 Å². The highest BCUT2D eigenvalue weighted by atomic mass is 32.2. The van der Waals surface area contributed by atoms with Crippen molar-refractivity contribution in [1.82, 2.24) is 9.97 Å². The fraction of sp³-hybridized carbons (Fsp3) is 0.389. The van der Waals surface area contributed by atoms with E-state index >= 15 is 0 Å². The maximum Gasteiger partial charge on any atom is 0.262 e. The molecule has 27 heavy (non-hydrogen) atoms. The van der Waals surface area contributed by atoms with Gasteiger partial charge in [-0.25, -0.2) is 13.4 Å². The van der Waals surface area contributed by atoms with E-state index < -0.39 is 10.0 Å². The summed E-state index contributed by atoms with van der Waals surface area (Å²) in [6.07, 6.45) is 3.70. The van der Waals surface area contributed by atoms with Gasteiger partial charge >= 0.3 is 0 Å². The lowest BCUT2D eigenvalue weighted by Gasteiger charge is -2.21. The van der Waals surface area contributed by atoms with Crippen LogP contribution in [0.5, 0.6) is 0 Å². The van der Waals surface area contributed by atoms with Gasteiger partial charge in [0.1, 0.15) is 5.69 Å². The zero-order valence-electron chi connectivity index (χ0n) is 15.6. The highest BCUT2D eigenvalue weighted by molar-refractivity contribution is 7.92. The SMILES string of the molecule is CC(=O)c1ccc(S(=O)(=O)Nc2cnc(N3CCCC3)nc2N(C)C)cc1. The van der Waals surface area contributed by atoms with Gasteiger partial charge in [-0.15, -0.1) is 0 Å². The first-order chi connectivity index (χ1) is 12.8. The van der Waals surface area contributed by atoms with Crippen LogP contribution in [0.25, 0.3) is 0 Å². The Morgan fingerprint density at radius 3 is 2.33 bits per heavy atom. The topological polar surface area (TPSA) is 95.5 Å². The van der Waals surface area contributed by atoms with Gasteiger partial charge in [-0.05, 0) is 31.9 Å². The number of hydrogen-bond acceptors (Lipinski definition) is 7. The molecule has 144 valence electrons. The molecule has 0 saturated carbocycles. The molecule has 2 aromatic rings. The van der Waals surface area contributed by atoms with E-state index in [4.69, 9.17) is 0 Å². The lowest BCUT2D eigenvalue weighted by molar-refractivity contribution is 0.101. The van der Waals surface area contributed by atoms with E-state index in [9.17, 15) is 13.2 Å². The number of sulfonamides is 1. The maximum absolute atomic E-state index is 12.7. The largest absolute Gasteiger partial charge is 0.361 e. The number of anilines is 3. The van der Waals surface area contributed by atoms with Crippen LogP contribution in [0.1, 0.15) is 30.1 Å². The van der Waals surface area contributed by atoms with Gasteiger partial charge in [-0.2, -0.15) is 4.98 Å². The van der Waals surface area contributed by atoms with E-state index in [1.807, 2.05) is 0 Å². The molecule has 0 aliphatic carbocycles. The Morgan fingerprint density at radius 2 is 1.78 bits per heavy atom. The van der Waals surface area contributed by atoms with Crippen LogP contribution in [0.4, 0.5) is 17.5 Å². The molecule has 0 unspecified atom stereocenters. The second kappa shape index (κ2) is 7.51. The van der Waals surface area contributed by atoms with E-state index in [1.54, 1.807) is 19.0 Å². The number of rotatable bonds is 6. The summed E-state index contributed by atoms with van der Waals surface area (Å²) < 4.78 is 28.0. The second-order valence-electron chi connectivity index (χ2n) is 6.68. The lowest BCUT2D eigenvalue weighted by Crippen LogP contribution is -2.24. The van der Waals surface area contributed by atoms with E-state index in [-0.39, 0.29) is 10.7 Å². The van der Waals surface area contributed by atoms with Crippen molar-refractivity contribution in [3.63, 3.8) is 0 Å². The van der Waals surface area contributed by atoms with Crippen molar-refractivity contribution < 1.29 is 13.2 Å². The van der Waals surface area contributed by atoms with Gasteiger partial charge in [0, 0.05) is 32.7 Å². The molecule has 1 aliphatic heterocycles. The van der Waals surface area contributed by atoms with Crippen molar-refractivity contribution >= 4 is 33.3 Å². The molecular formula is C18H23N5O3S. The Labute approximate surface area is 159 Å². The Morgan fingerprint density at radius 1 is 1.15 bits per heavy atom. The highest BCUT2D eigenvalue weighted by Gasteiger charge is 2.21. The van der Waals surface area contributed by atoms with Gasteiger partial charge in [0.2, 0.25) is 5.95 Å². The summed E-state index contributed by atoms with van der Waals surface area (Å²) in [6.45, 7) is 3.24. The molecular weight excluding hydrogens is 366 g/mol. The average Bonchev–Trinajstić information content (AvgIpc) is 3.16. The number of ketones is 1. The number of hydrogen-bond donors (Lipinski definition) is 1.